The van der Waals surface area contributed by atoms with Gasteiger partial charge < -0.3 is 14.7 Å². The topological polar surface area (TPSA) is 90.4 Å². The van der Waals surface area contributed by atoms with Crippen LogP contribution in [0.25, 0.3) is 5.76 Å². The van der Waals surface area contributed by atoms with Crippen molar-refractivity contribution in [3.05, 3.63) is 95.7 Å². The Morgan fingerprint density at radius 1 is 0.868 bits per heavy atom. The predicted octanol–water partition coefficient (Wildman–Crippen LogP) is 4.02. The van der Waals surface area contributed by atoms with E-state index in [1.54, 1.807) is 49.6 Å². The van der Waals surface area contributed by atoms with Crippen LogP contribution in [-0.4, -0.2) is 74.9 Å². The molecule has 9 heteroatoms. The molecule has 2 aliphatic heterocycles. The van der Waals surface area contributed by atoms with E-state index in [0.29, 0.717) is 18.5 Å². The summed E-state index contributed by atoms with van der Waals surface area (Å²) < 4.78 is 33.9. The summed E-state index contributed by atoms with van der Waals surface area (Å²) in [5.41, 5.74) is 1.34. The zero-order valence-electron chi connectivity index (χ0n) is 21.3. The fraction of sp³-hybridized carbons (Fsp3) is 0.276. The average Bonchev–Trinajstić information content (AvgIpc) is 2.96. The SMILES string of the molecule is COc1ccccc1N1CCN(CCCN2/C(=C(\O)c3ccccc3)C(=O)c3ccccc3S2(=O)=O)CC1. The second-order valence-electron chi connectivity index (χ2n) is 9.32. The van der Waals surface area contributed by atoms with E-state index in [9.17, 15) is 18.3 Å². The van der Waals surface area contributed by atoms with Crippen LogP contribution in [0.1, 0.15) is 22.3 Å². The van der Waals surface area contributed by atoms with Crippen molar-refractivity contribution in [1.29, 1.82) is 0 Å². The fourth-order valence-corrected chi connectivity index (χ4v) is 6.80. The zero-order valence-corrected chi connectivity index (χ0v) is 22.1. The lowest BCUT2D eigenvalue weighted by Gasteiger charge is -2.37. The van der Waals surface area contributed by atoms with Gasteiger partial charge in [0.25, 0.3) is 10.0 Å². The number of benzene rings is 3. The predicted molar refractivity (Wildman–Crippen MR) is 147 cm³/mol. The summed E-state index contributed by atoms with van der Waals surface area (Å²) in [6, 6.07) is 22.7. The molecule has 1 fully saturated rings. The van der Waals surface area contributed by atoms with Crippen LogP contribution in [0.4, 0.5) is 5.69 Å². The number of nitrogens with zero attached hydrogens (tertiary/aromatic N) is 3. The molecule has 38 heavy (non-hydrogen) atoms. The van der Waals surface area contributed by atoms with Crippen molar-refractivity contribution in [2.24, 2.45) is 0 Å². The molecule has 0 unspecified atom stereocenters. The number of sulfonamides is 1. The second-order valence-corrected chi connectivity index (χ2v) is 11.2. The summed E-state index contributed by atoms with van der Waals surface area (Å²) in [5, 5.41) is 11.1. The van der Waals surface area contributed by atoms with E-state index in [2.05, 4.69) is 15.9 Å². The molecule has 0 aliphatic carbocycles. The minimum atomic E-state index is -4.02. The summed E-state index contributed by atoms with van der Waals surface area (Å²) >= 11 is 0. The number of ether oxygens (including phenoxy) is 1. The van der Waals surface area contributed by atoms with Crippen LogP contribution in [-0.2, 0) is 10.0 Å². The lowest BCUT2D eigenvalue weighted by atomic mass is 10.0. The van der Waals surface area contributed by atoms with Gasteiger partial charge in [-0.2, -0.15) is 0 Å². The van der Waals surface area contributed by atoms with E-state index in [0.717, 1.165) is 41.9 Å². The Balaban J connectivity index is 1.33. The summed E-state index contributed by atoms with van der Waals surface area (Å²) in [7, 11) is -2.35. The number of rotatable bonds is 7. The van der Waals surface area contributed by atoms with Crippen molar-refractivity contribution < 1.29 is 23.1 Å². The van der Waals surface area contributed by atoms with E-state index in [-0.39, 0.29) is 28.5 Å². The van der Waals surface area contributed by atoms with Gasteiger partial charge in [0.2, 0.25) is 5.78 Å². The number of fused-ring (bicyclic) bond motifs is 1. The van der Waals surface area contributed by atoms with Crippen LogP contribution in [0.15, 0.2) is 89.5 Å². The molecule has 3 aromatic carbocycles. The van der Waals surface area contributed by atoms with Crippen molar-refractivity contribution in [1.82, 2.24) is 9.21 Å². The average molecular weight is 534 g/mol. The van der Waals surface area contributed by atoms with E-state index in [4.69, 9.17) is 4.74 Å². The number of Topliss-reactive ketones (excluding diaryl/α,β-unsaturated/α-hetero) is 1. The van der Waals surface area contributed by atoms with Crippen LogP contribution >= 0.6 is 0 Å². The van der Waals surface area contributed by atoms with Crippen LogP contribution in [0.3, 0.4) is 0 Å². The van der Waals surface area contributed by atoms with Gasteiger partial charge in [0, 0.05) is 50.4 Å². The van der Waals surface area contributed by atoms with Gasteiger partial charge in [0.15, 0.2) is 5.76 Å². The number of piperazine rings is 1. The van der Waals surface area contributed by atoms with Crippen molar-refractivity contribution >= 4 is 27.3 Å². The van der Waals surface area contributed by atoms with Crippen molar-refractivity contribution in [2.75, 3.05) is 51.3 Å². The number of carbonyl (C=O) groups excluding carboxylic acids is 1. The number of methoxy groups -OCH3 is 1. The standard InChI is InChI=1S/C29H31N3O5S/c1-37-25-14-7-6-13-24(25)31-20-18-30(19-21-31)16-9-17-32-27(28(33)22-10-3-2-4-11-22)29(34)23-12-5-8-15-26(23)38(32,35)36/h2-8,10-15,33H,9,16-21H2,1H3/b28-27-. The van der Waals surface area contributed by atoms with Crippen molar-refractivity contribution in [3.63, 3.8) is 0 Å². The molecule has 5 rings (SSSR count). The number of hydrogen-bond donors (Lipinski definition) is 1. The summed E-state index contributed by atoms with van der Waals surface area (Å²) in [5.74, 6) is 0.0139. The molecule has 0 amide bonds. The van der Waals surface area contributed by atoms with Gasteiger partial charge in [0.1, 0.15) is 11.4 Å². The molecule has 2 heterocycles. The first kappa shape index (κ1) is 25.8. The Morgan fingerprint density at radius 3 is 2.26 bits per heavy atom. The lowest BCUT2D eigenvalue weighted by Crippen LogP contribution is -2.47. The van der Waals surface area contributed by atoms with E-state index in [1.807, 2.05) is 18.2 Å². The molecule has 8 nitrogen and oxygen atoms in total. The molecule has 0 atom stereocenters. The van der Waals surface area contributed by atoms with Gasteiger partial charge >= 0.3 is 0 Å². The largest absolute Gasteiger partial charge is 0.505 e. The van der Waals surface area contributed by atoms with Gasteiger partial charge in [-0.3, -0.25) is 14.0 Å². The highest BCUT2D eigenvalue weighted by Gasteiger charge is 2.41. The Hall–Kier alpha value is -3.82. The highest BCUT2D eigenvalue weighted by atomic mass is 32.2. The first-order valence-electron chi connectivity index (χ1n) is 12.7. The number of ketones is 1. The molecule has 0 bridgehead atoms. The summed E-state index contributed by atoms with van der Waals surface area (Å²) in [6.45, 7) is 4.06. The maximum atomic E-state index is 13.6. The van der Waals surface area contributed by atoms with Gasteiger partial charge in [-0.1, -0.05) is 54.6 Å². The monoisotopic (exact) mass is 533 g/mol. The molecular weight excluding hydrogens is 502 g/mol. The third-order valence-electron chi connectivity index (χ3n) is 7.07. The Labute approximate surface area is 223 Å². The van der Waals surface area contributed by atoms with E-state index >= 15 is 0 Å². The number of aliphatic hydroxyl groups is 1. The quantitative estimate of drug-likeness (QED) is 0.362. The van der Waals surface area contributed by atoms with Crippen molar-refractivity contribution in [3.8, 4) is 5.75 Å². The smallest absolute Gasteiger partial charge is 0.265 e. The molecule has 1 N–H and O–H groups in total. The molecule has 0 spiro atoms. The third-order valence-corrected chi connectivity index (χ3v) is 8.93. The number of allylic oxidation sites excluding steroid dienone is 1. The normalized spacial score (nSPS) is 18.7. The molecule has 0 aromatic heterocycles. The number of anilines is 1. The molecule has 2 aliphatic rings. The number of hydrogen-bond acceptors (Lipinski definition) is 7. The molecule has 1 saturated heterocycles. The van der Waals surface area contributed by atoms with Crippen LogP contribution in [0.2, 0.25) is 0 Å². The lowest BCUT2D eigenvalue weighted by molar-refractivity contribution is 0.0997. The maximum Gasteiger partial charge on any atom is 0.265 e. The minimum Gasteiger partial charge on any atom is -0.505 e. The second kappa shape index (κ2) is 10.9. The Kier molecular flexibility index (Phi) is 7.40. The first-order valence-corrected chi connectivity index (χ1v) is 14.1. The number of aliphatic hydroxyl groups excluding tert-OH is 1. The first-order chi connectivity index (χ1) is 18.4. The van der Waals surface area contributed by atoms with Crippen molar-refractivity contribution in [2.45, 2.75) is 11.3 Å². The maximum absolute atomic E-state index is 13.6. The number of carbonyl (C=O) groups is 1. The minimum absolute atomic E-state index is 0.0277. The molecule has 0 radical (unpaired) electrons. The highest BCUT2D eigenvalue weighted by molar-refractivity contribution is 7.89. The van der Waals surface area contributed by atoms with Gasteiger partial charge in [0.05, 0.1) is 17.7 Å². The molecule has 0 saturated carbocycles. The summed E-state index contributed by atoms with van der Waals surface area (Å²) in [4.78, 5) is 18.0. The fourth-order valence-electron chi connectivity index (χ4n) is 5.09. The molecule has 3 aromatic rings. The van der Waals surface area contributed by atoms with Gasteiger partial charge in [-0.05, 0) is 30.7 Å². The van der Waals surface area contributed by atoms with Crippen LogP contribution in [0, 0.1) is 0 Å². The zero-order chi connectivity index (χ0) is 26.7. The number of para-hydroxylation sites is 2. The van der Waals surface area contributed by atoms with E-state index in [1.165, 1.54) is 12.1 Å². The highest BCUT2D eigenvalue weighted by Crippen LogP contribution is 2.35. The van der Waals surface area contributed by atoms with Gasteiger partial charge in [-0.15, -0.1) is 0 Å². The molecular formula is C29H31N3O5S. The summed E-state index contributed by atoms with van der Waals surface area (Å²) in [6.07, 6.45) is 0.509. The Morgan fingerprint density at radius 2 is 1.53 bits per heavy atom. The van der Waals surface area contributed by atoms with Gasteiger partial charge in [-0.25, -0.2) is 8.42 Å². The van der Waals surface area contributed by atoms with Crippen LogP contribution in [0.5, 0.6) is 5.75 Å². The third kappa shape index (κ3) is 4.87. The van der Waals surface area contributed by atoms with Crippen LogP contribution < -0.4 is 9.64 Å². The molecule has 198 valence electrons. The van der Waals surface area contributed by atoms with E-state index < -0.39 is 15.8 Å². The Bertz CT molecular complexity index is 1450.